The molecule has 0 unspecified atom stereocenters. The standard InChI is InChI=1S/C13H21N3O.2ClH/c1-16(2)10-6-9-15-13(17)12(14)11-7-4-3-5-8-11;;/h3-5,7-8,12H,6,9-10,14H2,1-2H3,(H,15,17);2*1H/t12-;;/m1../s1. The minimum Gasteiger partial charge on any atom is -0.354 e. The molecule has 110 valence electrons. The van der Waals surface area contributed by atoms with Crippen LogP contribution in [-0.4, -0.2) is 38.0 Å². The number of rotatable bonds is 6. The first kappa shape index (κ1) is 20.5. The molecule has 1 rings (SSSR count). The fourth-order valence-corrected chi connectivity index (χ4v) is 1.53. The largest absolute Gasteiger partial charge is 0.354 e. The van der Waals surface area contributed by atoms with Crippen LogP contribution in [0.3, 0.4) is 0 Å². The number of hydrogen-bond acceptors (Lipinski definition) is 3. The van der Waals surface area contributed by atoms with Gasteiger partial charge in [-0.2, -0.15) is 0 Å². The zero-order chi connectivity index (χ0) is 12.7. The zero-order valence-electron chi connectivity index (χ0n) is 11.3. The Kier molecular flexibility index (Phi) is 11.9. The lowest BCUT2D eigenvalue weighted by Gasteiger charge is -2.13. The van der Waals surface area contributed by atoms with E-state index in [1.165, 1.54) is 0 Å². The first-order chi connectivity index (χ1) is 8.11. The summed E-state index contributed by atoms with van der Waals surface area (Å²) in [5.74, 6) is -0.116. The Morgan fingerprint density at radius 3 is 2.37 bits per heavy atom. The van der Waals surface area contributed by atoms with Crippen LogP contribution in [0.15, 0.2) is 30.3 Å². The van der Waals surface area contributed by atoms with E-state index in [1.807, 2.05) is 44.4 Å². The van der Waals surface area contributed by atoms with Gasteiger partial charge in [-0.3, -0.25) is 4.79 Å². The van der Waals surface area contributed by atoms with Crippen LogP contribution >= 0.6 is 24.8 Å². The molecule has 0 saturated heterocycles. The summed E-state index contributed by atoms with van der Waals surface area (Å²) in [6.45, 7) is 1.62. The molecule has 19 heavy (non-hydrogen) atoms. The van der Waals surface area contributed by atoms with Crippen LogP contribution in [0.4, 0.5) is 0 Å². The highest BCUT2D eigenvalue weighted by molar-refractivity contribution is 5.85. The lowest BCUT2D eigenvalue weighted by molar-refractivity contribution is -0.122. The minimum atomic E-state index is -0.574. The molecule has 1 aromatic carbocycles. The van der Waals surface area contributed by atoms with Gasteiger partial charge in [0.15, 0.2) is 0 Å². The Bertz CT molecular complexity index is 347. The van der Waals surface area contributed by atoms with E-state index in [0.717, 1.165) is 18.5 Å². The third-order valence-corrected chi connectivity index (χ3v) is 2.52. The second-order valence-corrected chi connectivity index (χ2v) is 4.34. The van der Waals surface area contributed by atoms with E-state index in [2.05, 4.69) is 10.2 Å². The lowest BCUT2D eigenvalue weighted by atomic mass is 10.1. The zero-order valence-corrected chi connectivity index (χ0v) is 13.0. The maximum absolute atomic E-state index is 11.7. The van der Waals surface area contributed by atoms with Crippen molar-refractivity contribution in [1.82, 2.24) is 10.2 Å². The number of carbonyl (C=O) groups excluding carboxylic acids is 1. The van der Waals surface area contributed by atoms with E-state index in [1.54, 1.807) is 0 Å². The number of halogens is 2. The summed E-state index contributed by atoms with van der Waals surface area (Å²) in [7, 11) is 4.02. The average molecular weight is 308 g/mol. The Morgan fingerprint density at radius 2 is 1.84 bits per heavy atom. The third kappa shape index (κ3) is 8.06. The van der Waals surface area contributed by atoms with E-state index in [-0.39, 0.29) is 30.7 Å². The molecule has 1 amide bonds. The Labute approximate surface area is 127 Å². The maximum atomic E-state index is 11.7. The van der Waals surface area contributed by atoms with Gasteiger partial charge >= 0.3 is 0 Å². The number of hydrogen-bond donors (Lipinski definition) is 2. The summed E-state index contributed by atoms with van der Waals surface area (Å²) in [5, 5.41) is 2.85. The van der Waals surface area contributed by atoms with Crippen LogP contribution in [0.1, 0.15) is 18.0 Å². The summed E-state index contributed by atoms with van der Waals surface area (Å²) in [6.07, 6.45) is 0.931. The summed E-state index contributed by atoms with van der Waals surface area (Å²) in [5.41, 5.74) is 6.70. The average Bonchev–Trinajstić information content (AvgIpc) is 2.34. The first-order valence-electron chi connectivity index (χ1n) is 5.84. The number of benzene rings is 1. The molecular weight excluding hydrogens is 285 g/mol. The van der Waals surface area contributed by atoms with Gasteiger partial charge in [0.25, 0.3) is 0 Å². The van der Waals surface area contributed by atoms with Crippen LogP contribution in [0, 0.1) is 0 Å². The van der Waals surface area contributed by atoms with Crippen molar-refractivity contribution in [2.45, 2.75) is 12.5 Å². The molecule has 0 bridgehead atoms. The van der Waals surface area contributed by atoms with Crippen LogP contribution in [-0.2, 0) is 4.79 Å². The van der Waals surface area contributed by atoms with Crippen LogP contribution in [0.2, 0.25) is 0 Å². The smallest absolute Gasteiger partial charge is 0.241 e. The molecule has 0 fully saturated rings. The van der Waals surface area contributed by atoms with Gasteiger partial charge in [-0.1, -0.05) is 30.3 Å². The second kappa shape index (κ2) is 11.1. The molecule has 3 N–H and O–H groups in total. The molecule has 0 aromatic heterocycles. The predicted octanol–water partition coefficient (Wildman–Crippen LogP) is 1.60. The Morgan fingerprint density at radius 1 is 1.26 bits per heavy atom. The normalized spacial score (nSPS) is 11.2. The highest BCUT2D eigenvalue weighted by atomic mass is 35.5. The van der Waals surface area contributed by atoms with Gasteiger partial charge in [0, 0.05) is 6.54 Å². The third-order valence-electron chi connectivity index (χ3n) is 2.52. The SMILES string of the molecule is CN(C)CCCNC(=O)[C@H](N)c1ccccc1.Cl.Cl. The van der Waals surface area contributed by atoms with Crippen molar-refractivity contribution in [3.63, 3.8) is 0 Å². The van der Waals surface area contributed by atoms with Crippen LogP contribution in [0.25, 0.3) is 0 Å². The van der Waals surface area contributed by atoms with Gasteiger partial charge < -0.3 is 16.0 Å². The van der Waals surface area contributed by atoms with Crippen molar-refractivity contribution in [2.24, 2.45) is 5.73 Å². The number of nitrogens with one attached hydrogen (secondary N) is 1. The van der Waals surface area contributed by atoms with Crippen molar-refractivity contribution in [1.29, 1.82) is 0 Å². The first-order valence-corrected chi connectivity index (χ1v) is 5.84. The molecule has 1 aromatic rings. The highest BCUT2D eigenvalue weighted by Crippen LogP contribution is 2.08. The number of amides is 1. The van der Waals surface area contributed by atoms with Gasteiger partial charge in [0.2, 0.25) is 5.91 Å². The fourth-order valence-electron chi connectivity index (χ4n) is 1.53. The van der Waals surface area contributed by atoms with Crippen molar-refractivity contribution in [3.05, 3.63) is 35.9 Å². The lowest BCUT2D eigenvalue weighted by Crippen LogP contribution is -2.35. The number of nitrogens with two attached hydrogens (primary N) is 1. The minimum absolute atomic E-state index is 0. The topological polar surface area (TPSA) is 58.4 Å². The maximum Gasteiger partial charge on any atom is 0.241 e. The molecule has 0 spiro atoms. The van der Waals surface area contributed by atoms with E-state index < -0.39 is 6.04 Å². The van der Waals surface area contributed by atoms with E-state index in [0.29, 0.717) is 6.54 Å². The van der Waals surface area contributed by atoms with Crippen molar-refractivity contribution >= 4 is 30.7 Å². The molecular formula is C13H23Cl2N3O. The van der Waals surface area contributed by atoms with Gasteiger partial charge in [0.05, 0.1) is 0 Å². The highest BCUT2D eigenvalue weighted by Gasteiger charge is 2.14. The molecule has 0 aliphatic heterocycles. The van der Waals surface area contributed by atoms with Crippen LogP contribution < -0.4 is 11.1 Å². The van der Waals surface area contributed by atoms with E-state index in [9.17, 15) is 4.79 Å². The molecule has 6 heteroatoms. The molecule has 0 saturated carbocycles. The Balaban J connectivity index is 0. The monoisotopic (exact) mass is 307 g/mol. The second-order valence-electron chi connectivity index (χ2n) is 4.34. The molecule has 0 heterocycles. The Hall–Kier alpha value is -0.810. The van der Waals surface area contributed by atoms with E-state index in [4.69, 9.17) is 5.73 Å². The summed E-state index contributed by atoms with van der Waals surface area (Å²) in [4.78, 5) is 13.8. The van der Waals surface area contributed by atoms with Crippen molar-refractivity contribution < 1.29 is 4.79 Å². The van der Waals surface area contributed by atoms with Crippen molar-refractivity contribution in [3.8, 4) is 0 Å². The summed E-state index contributed by atoms with van der Waals surface area (Å²) in [6, 6.07) is 8.83. The number of carbonyl (C=O) groups is 1. The molecule has 1 atom stereocenters. The van der Waals surface area contributed by atoms with Crippen molar-refractivity contribution in [2.75, 3.05) is 27.2 Å². The molecule has 0 radical (unpaired) electrons. The quantitative estimate of drug-likeness (QED) is 0.785. The number of nitrogens with zero attached hydrogens (tertiary/aromatic N) is 1. The van der Waals surface area contributed by atoms with E-state index >= 15 is 0 Å². The molecule has 4 nitrogen and oxygen atoms in total. The van der Waals surface area contributed by atoms with Gasteiger partial charge in [0.1, 0.15) is 6.04 Å². The predicted molar refractivity (Wildman–Crippen MR) is 84.0 cm³/mol. The van der Waals surface area contributed by atoms with Gasteiger partial charge in [-0.25, -0.2) is 0 Å². The van der Waals surface area contributed by atoms with Crippen LogP contribution in [0.5, 0.6) is 0 Å². The molecule has 0 aliphatic carbocycles. The molecule has 0 aliphatic rings. The van der Waals surface area contributed by atoms with Gasteiger partial charge in [-0.05, 0) is 32.6 Å². The fraction of sp³-hybridized carbons (Fsp3) is 0.462. The van der Waals surface area contributed by atoms with Gasteiger partial charge in [-0.15, -0.1) is 24.8 Å². The summed E-state index contributed by atoms with van der Waals surface area (Å²) < 4.78 is 0. The summed E-state index contributed by atoms with van der Waals surface area (Å²) >= 11 is 0.